The van der Waals surface area contributed by atoms with Gasteiger partial charge in [0.2, 0.25) is 5.91 Å². The third-order valence-corrected chi connectivity index (χ3v) is 6.57. The zero-order valence-electron chi connectivity index (χ0n) is 11.3. The molecule has 1 spiro atoms. The Balaban J connectivity index is 1.74. The van der Waals surface area contributed by atoms with Crippen molar-refractivity contribution >= 4 is 34.5 Å². The first-order valence-electron chi connectivity index (χ1n) is 7.13. The summed E-state index contributed by atoms with van der Waals surface area (Å²) in [6.45, 7) is 0.564. The molecule has 1 aromatic rings. The first kappa shape index (κ1) is 13.1. The van der Waals surface area contributed by atoms with Crippen LogP contribution in [0.5, 0.6) is 0 Å². The van der Waals surface area contributed by atoms with E-state index in [2.05, 4.69) is 9.97 Å². The highest BCUT2D eigenvalue weighted by Gasteiger charge is 2.76. The van der Waals surface area contributed by atoms with Gasteiger partial charge in [-0.1, -0.05) is 0 Å². The number of H-pyrrole nitrogens is 1. The van der Waals surface area contributed by atoms with Gasteiger partial charge in [-0.15, -0.1) is 0 Å². The molecule has 2 saturated heterocycles. The summed E-state index contributed by atoms with van der Waals surface area (Å²) in [5.74, 6) is -2.66. The predicted octanol–water partition coefficient (Wildman–Crippen LogP) is 0.636. The fraction of sp³-hybridized carbons (Fsp3) is 0.500. The molecule has 0 aliphatic carbocycles. The number of halogens is 1. The molecule has 7 nitrogen and oxygen atoms in total. The van der Waals surface area contributed by atoms with Crippen molar-refractivity contribution in [2.75, 3.05) is 6.54 Å². The van der Waals surface area contributed by atoms with Crippen molar-refractivity contribution in [2.24, 2.45) is 11.8 Å². The van der Waals surface area contributed by atoms with E-state index in [1.165, 1.54) is 0 Å². The molecule has 5 atom stereocenters. The molecule has 5 rings (SSSR count). The number of alkyl halides is 1. The Bertz CT molecular complexity index is 761. The normalized spacial score (nSPS) is 44.1. The number of hydrogen-bond acceptors (Lipinski definition) is 4. The van der Waals surface area contributed by atoms with Crippen LogP contribution in [0.2, 0.25) is 0 Å². The number of amides is 1. The summed E-state index contributed by atoms with van der Waals surface area (Å²) < 4.78 is 5.24. The largest absolute Gasteiger partial charge is 0.481 e. The summed E-state index contributed by atoms with van der Waals surface area (Å²) in [5, 5.41) is 9.64. The number of aromatic nitrogens is 2. The molecule has 4 aliphatic rings. The highest BCUT2D eigenvalue weighted by molar-refractivity contribution is 14.1. The van der Waals surface area contributed by atoms with E-state index in [9.17, 15) is 14.7 Å². The van der Waals surface area contributed by atoms with Crippen LogP contribution in [0.25, 0.3) is 0 Å². The Hall–Kier alpha value is -1.42. The predicted molar refractivity (Wildman–Crippen MR) is 81.1 cm³/mol. The van der Waals surface area contributed by atoms with Gasteiger partial charge in [-0.05, 0) is 34.7 Å². The smallest absolute Gasteiger partial charge is 0.311 e. The molecule has 8 heteroatoms. The molecule has 1 aromatic heterocycles. The summed E-state index contributed by atoms with van der Waals surface area (Å²) in [6, 6.07) is -0.336. The molecule has 0 saturated carbocycles. The van der Waals surface area contributed by atoms with Crippen molar-refractivity contribution in [2.45, 2.75) is 21.7 Å². The molecule has 2 fully saturated rings. The molecule has 114 valence electrons. The maximum absolute atomic E-state index is 12.9. The van der Waals surface area contributed by atoms with Gasteiger partial charge in [-0.2, -0.15) is 0 Å². The molecule has 2 bridgehead atoms. The topological polar surface area (TPSA) is 95.5 Å². The lowest BCUT2D eigenvalue weighted by molar-refractivity contribution is -0.148. The monoisotopic (exact) mass is 413 g/mol. The second-order valence-electron chi connectivity index (χ2n) is 6.23. The van der Waals surface area contributed by atoms with Crippen LogP contribution in [0, 0.1) is 11.8 Å². The lowest BCUT2D eigenvalue weighted by atomic mass is 9.74. The van der Waals surface area contributed by atoms with E-state index in [0.29, 0.717) is 13.0 Å². The summed E-state index contributed by atoms with van der Waals surface area (Å²) in [6.07, 6.45) is 6.01. The zero-order valence-corrected chi connectivity index (χ0v) is 13.5. The van der Waals surface area contributed by atoms with E-state index >= 15 is 0 Å². The number of hydrogen-bond donors (Lipinski definition) is 2. The lowest BCUT2D eigenvalue weighted by Crippen LogP contribution is -2.42. The van der Waals surface area contributed by atoms with Gasteiger partial charge >= 0.3 is 5.97 Å². The Morgan fingerprint density at radius 2 is 2.36 bits per heavy atom. The average Bonchev–Trinajstić information content (AvgIpc) is 3.16. The highest BCUT2D eigenvalue weighted by Crippen LogP contribution is 2.66. The van der Waals surface area contributed by atoms with Crippen molar-refractivity contribution in [1.29, 1.82) is 0 Å². The SMILES string of the molecule is O=C(O)[C@H]1[C@H]2C(=O)N3CCc4[nH]cnc4[C@H]3[C@]23C=C[C@]1(I)O3. The minimum absolute atomic E-state index is 0.131. The number of aromatic amines is 1. The summed E-state index contributed by atoms with van der Waals surface area (Å²) in [5.41, 5.74) is 0.898. The minimum atomic E-state index is -0.985. The maximum Gasteiger partial charge on any atom is 0.311 e. The Labute approximate surface area is 138 Å². The Morgan fingerprint density at radius 1 is 1.55 bits per heavy atom. The van der Waals surface area contributed by atoms with Crippen LogP contribution in [0.15, 0.2) is 18.5 Å². The fourth-order valence-corrected chi connectivity index (χ4v) is 5.71. The van der Waals surface area contributed by atoms with Gasteiger partial charge in [-0.3, -0.25) is 9.59 Å². The molecular formula is C14H12IN3O4. The quantitative estimate of drug-likeness (QED) is 0.400. The molecule has 1 amide bonds. The first-order chi connectivity index (χ1) is 10.5. The van der Waals surface area contributed by atoms with Crippen LogP contribution >= 0.6 is 22.6 Å². The van der Waals surface area contributed by atoms with Gasteiger partial charge in [0.05, 0.1) is 17.9 Å². The number of imidazole rings is 1. The first-order valence-corrected chi connectivity index (χ1v) is 8.21. The third kappa shape index (κ3) is 1.22. The van der Waals surface area contributed by atoms with E-state index in [1.54, 1.807) is 17.3 Å². The van der Waals surface area contributed by atoms with Crippen molar-refractivity contribution in [3.63, 3.8) is 0 Å². The van der Waals surface area contributed by atoms with Gasteiger partial charge in [0.25, 0.3) is 0 Å². The van der Waals surface area contributed by atoms with Crippen LogP contribution < -0.4 is 0 Å². The third-order valence-electron chi connectivity index (χ3n) is 5.32. The number of carboxylic acids is 1. The number of nitrogens with zero attached hydrogens (tertiary/aromatic N) is 2. The number of ether oxygens (including phenoxy) is 1. The van der Waals surface area contributed by atoms with Crippen molar-refractivity contribution < 1.29 is 19.4 Å². The number of carbonyl (C=O) groups excluding carboxylic acids is 1. The maximum atomic E-state index is 12.9. The lowest BCUT2D eigenvalue weighted by Gasteiger charge is -2.35. The Morgan fingerprint density at radius 3 is 3.14 bits per heavy atom. The van der Waals surface area contributed by atoms with E-state index in [-0.39, 0.29) is 11.9 Å². The number of fused-ring (bicyclic) bond motifs is 4. The van der Waals surface area contributed by atoms with E-state index < -0.39 is 27.0 Å². The van der Waals surface area contributed by atoms with E-state index in [0.717, 1.165) is 11.4 Å². The summed E-state index contributed by atoms with van der Waals surface area (Å²) in [7, 11) is 0. The molecule has 4 aliphatic heterocycles. The molecule has 0 aromatic carbocycles. The van der Waals surface area contributed by atoms with E-state index in [1.807, 2.05) is 28.7 Å². The van der Waals surface area contributed by atoms with Gasteiger partial charge in [0, 0.05) is 18.7 Å². The second kappa shape index (κ2) is 3.73. The number of carbonyl (C=O) groups is 2. The van der Waals surface area contributed by atoms with Gasteiger partial charge < -0.3 is 19.7 Å². The summed E-state index contributed by atoms with van der Waals surface area (Å²) >= 11 is 2.01. The standard InChI is InChI=1S/C14H12IN3O4/c15-14-3-2-13(22-14)7(8(14)12(20)21)11(19)18-4-1-6-9(10(13)18)17-5-16-6/h2-3,5,7-8,10H,1,4H2,(H,16,17)(H,20,21)/t7-,8+,10-,13-,14-/m0/s1. The minimum Gasteiger partial charge on any atom is -0.481 e. The van der Waals surface area contributed by atoms with Gasteiger partial charge in [-0.25, -0.2) is 4.98 Å². The summed E-state index contributed by atoms with van der Waals surface area (Å²) in [4.78, 5) is 33.9. The van der Waals surface area contributed by atoms with Crippen LogP contribution in [0.4, 0.5) is 0 Å². The van der Waals surface area contributed by atoms with Crippen LogP contribution in [-0.2, 0) is 20.7 Å². The fourth-order valence-electron chi connectivity index (χ4n) is 4.52. The van der Waals surface area contributed by atoms with Gasteiger partial charge in [0.1, 0.15) is 17.6 Å². The van der Waals surface area contributed by atoms with Crippen LogP contribution in [-0.4, -0.2) is 47.6 Å². The highest BCUT2D eigenvalue weighted by atomic mass is 127. The Kier molecular flexibility index (Phi) is 2.21. The number of carboxylic acid groups (broad SMARTS) is 1. The average molecular weight is 413 g/mol. The van der Waals surface area contributed by atoms with Crippen LogP contribution in [0.3, 0.4) is 0 Å². The molecule has 5 heterocycles. The number of nitrogens with one attached hydrogen (secondary N) is 1. The van der Waals surface area contributed by atoms with Crippen molar-refractivity contribution in [3.8, 4) is 0 Å². The molecule has 22 heavy (non-hydrogen) atoms. The number of aliphatic carboxylic acids is 1. The molecule has 0 unspecified atom stereocenters. The number of rotatable bonds is 1. The molecule has 0 radical (unpaired) electrons. The zero-order chi connectivity index (χ0) is 15.3. The molecule has 2 N–H and O–H groups in total. The molecular weight excluding hydrogens is 401 g/mol. The second-order valence-corrected chi connectivity index (χ2v) is 7.92. The van der Waals surface area contributed by atoms with E-state index in [4.69, 9.17) is 4.74 Å². The van der Waals surface area contributed by atoms with Crippen LogP contribution in [0.1, 0.15) is 17.4 Å². The van der Waals surface area contributed by atoms with Crippen molar-refractivity contribution in [3.05, 3.63) is 29.9 Å². The van der Waals surface area contributed by atoms with Gasteiger partial charge in [0.15, 0.2) is 3.61 Å². The van der Waals surface area contributed by atoms with Crippen molar-refractivity contribution in [1.82, 2.24) is 14.9 Å².